The van der Waals surface area contributed by atoms with Gasteiger partial charge in [-0.2, -0.15) is 0 Å². The van der Waals surface area contributed by atoms with E-state index in [1.54, 1.807) is 18.0 Å². The summed E-state index contributed by atoms with van der Waals surface area (Å²) in [5.41, 5.74) is 1.77. The first kappa shape index (κ1) is 15.6. The Morgan fingerprint density at radius 3 is 2.67 bits per heavy atom. The molecule has 0 atom stereocenters. The minimum atomic E-state index is -0.231. The number of nitrogens with zero attached hydrogens (tertiary/aromatic N) is 1. The lowest BCUT2D eigenvalue weighted by Crippen LogP contribution is -2.24. The van der Waals surface area contributed by atoms with Crippen molar-refractivity contribution in [3.05, 3.63) is 69.2 Å². The number of carbonyl (C=O) groups is 1. The molecule has 0 aliphatic carbocycles. The van der Waals surface area contributed by atoms with Gasteiger partial charge in [-0.05, 0) is 35.9 Å². The fourth-order valence-corrected chi connectivity index (χ4v) is 2.30. The van der Waals surface area contributed by atoms with Gasteiger partial charge in [0.2, 0.25) is 0 Å². The zero-order valence-electron chi connectivity index (χ0n) is 11.4. The third kappa shape index (κ3) is 4.63. The van der Waals surface area contributed by atoms with Crippen LogP contribution in [0.2, 0.25) is 5.02 Å². The molecule has 0 aliphatic rings. The molecule has 2 rings (SSSR count). The minimum Gasteiger partial charge on any atom is -0.331 e. The maximum atomic E-state index is 12.0. The van der Waals surface area contributed by atoms with Crippen molar-refractivity contribution in [2.24, 2.45) is 0 Å². The van der Waals surface area contributed by atoms with E-state index < -0.39 is 0 Å². The number of carbonyl (C=O) groups excluding carboxylic acids is 1. The zero-order chi connectivity index (χ0) is 15.2. The largest absolute Gasteiger partial charge is 0.331 e. The first-order valence-electron chi connectivity index (χ1n) is 6.32. The van der Waals surface area contributed by atoms with Gasteiger partial charge >= 0.3 is 0 Å². The second-order valence-corrected chi connectivity index (χ2v) is 5.80. The predicted octanol–water partition coefficient (Wildman–Crippen LogP) is 4.11. The Kier molecular flexibility index (Phi) is 5.44. The standard InChI is InChI=1S/C17H13BrClNO/c1-20(12-14-11-15(19)8-9-16(14)18)17(21)10-7-13-5-3-2-4-6-13/h2-6,8-9,11H,12H2,1H3. The second-order valence-electron chi connectivity index (χ2n) is 4.51. The van der Waals surface area contributed by atoms with Crippen LogP contribution < -0.4 is 0 Å². The SMILES string of the molecule is CN(Cc1cc(Cl)ccc1Br)C(=O)C#Cc1ccccc1. The zero-order valence-corrected chi connectivity index (χ0v) is 13.8. The van der Waals surface area contributed by atoms with E-state index in [2.05, 4.69) is 27.8 Å². The summed E-state index contributed by atoms with van der Waals surface area (Å²) in [5.74, 6) is 5.27. The number of rotatable bonds is 2. The summed E-state index contributed by atoms with van der Waals surface area (Å²) in [7, 11) is 1.72. The molecule has 2 nitrogen and oxygen atoms in total. The maximum absolute atomic E-state index is 12.0. The molecular weight excluding hydrogens is 350 g/mol. The van der Waals surface area contributed by atoms with E-state index in [1.165, 1.54) is 0 Å². The number of hydrogen-bond acceptors (Lipinski definition) is 1. The Hall–Kier alpha value is -1.76. The van der Waals surface area contributed by atoms with Gasteiger partial charge < -0.3 is 4.90 Å². The van der Waals surface area contributed by atoms with Gasteiger partial charge in [0.1, 0.15) is 0 Å². The highest BCUT2D eigenvalue weighted by Gasteiger charge is 2.09. The van der Waals surface area contributed by atoms with Gasteiger partial charge in [0.25, 0.3) is 5.91 Å². The van der Waals surface area contributed by atoms with E-state index >= 15 is 0 Å². The van der Waals surface area contributed by atoms with Crippen LogP contribution in [-0.4, -0.2) is 17.9 Å². The molecule has 2 aromatic carbocycles. The van der Waals surface area contributed by atoms with Gasteiger partial charge in [0, 0.05) is 34.6 Å². The maximum Gasteiger partial charge on any atom is 0.298 e. The molecule has 4 heteroatoms. The van der Waals surface area contributed by atoms with E-state index in [4.69, 9.17) is 11.6 Å². The van der Waals surface area contributed by atoms with Gasteiger partial charge in [-0.25, -0.2) is 0 Å². The highest BCUT2D eigenvalue weighted by atomic mass is 79.9. The second kappa shape index (κ2) is 7.31. The van der Waals surface area contributed by atoms with Crippen LogP contribution in [0.25, 0.3) is 0 Å². The highest BCUT2D eigenvalue weighted by molar-refractivity contribution is 9.10. The van der Waals surface area contributed by atoms with Crippen molar-refractivity contribution >= 4 is 33.4 Å². The van der Waals surface area contributed by atoms with Crippen LogP contribution in [0.4, 0.5) is 0 Å². The lowest BCUT2D eigenvalue weighted by Gasteiger charge is -2.15. The molecule has 0 heterocycles. The molecule has 21 heavy (non-hydrogen) atoms. The van der Waals surface area contributed by atoms with Crippen LogP contribution >= 0.6 is 27.5 Å². The average Bonchev–Trinajstić information content (AvgIpc) is 2.49. The van der Waals surface area contributed by atoms with Crippen molar-refractivity contribution in [1.82, 2.24) is 4.90 Å². The van der Waals surface area contributed by atoms with E-state index in [0.717, 1.165) is 15.6 Å². The van der Waals surface area contributed by atoms with Crippen molar-refractivity contribution in [1.29, 1.82) is 0 Å². The van der Waals surface area contributed by atoms with Crippen molar-refractivity contribution in [2.75, 3.05) is 7.05 Å². The fraction of sp³-hybridized carbons (Fsp3) is 0.118. The Morgan fingerprint density at radius 1 is 1.24 bits per heavy atom. The summed E-state index contributed by atoms with van der Waals surface area (Å²) in [4.78, 5) is 13.6. The molecule has 0 saturated heterocycles. The first-order valence-corrected chi connectivity index (χ1v) is 7.49. The van der Waals surface area contributed by atoms with Crippen LogP contribution in [0.1, 0.15) is 11.1 Å². The molecular formula is C17H13BrClNO. The van der Waals surface area contributed by atoms with Crippen LogP contribution in [0.5, 0.6) is 0 Å². The van der Waals surface area contributed by atoms with E-state index in [9.17, 15) is 4.79 Å². The molecule has 1 amide bonds. The smallest absolute Gasteiger partial charge is 0.298 e. The van der Waals surface area contributed by atoms with Crippen LogP contribution in [0.3, 0.4) is 0 Å². The van der Waals surface area contributed by atoms with Gasteiger partial charge in [-0.1, -0.05) is 51.7 Å². The molecule has 0 radical (unpaired) electrons. The van der Waals surface area contributed by atoms with Crippen molar-refractivity contribution in [3.8, 4) is 11.8 Å². The first-order chi connectivity index (χ1) is 10.1. The molecule has 0 N–H and O–H groups in total. The van der Waals surface area contributed by atoms with Crippen molar-refractivity contribution < 1.29 is 4.79 Å². The van der Waals surface area contributed by atoms with Gasteiger partial charge in [0.05, 0.1) is 0 Å². The van der Waals surface area contributed by atoms with E-state index in [-0.39, 0.29) is 5.91 Å². The molecule has 0 aliphatic heterocycles. The summed E-state index contributed by atoms with van der Waals surface area (Å²) >= 11 is 9.42. The molecule has 0 aromatic heterocycles. The Labute approximate surface area is 137 Å². The topological polar surface area (TPSA) is 20.3 Å². The number of amides is 1. The Morgan fingerprint density at radius 2 is 1.95 bits per heavy atom. The van der Waals surface area contributed by atoms with E-state index in [1.807, 2.05) is 42.5 Å². The molecule has 0 bridgehead atoms. The summed E-state index contributed by atoms with van der Waals surface area (Å²) in [6, 6.07) is 14.9. The molecule has 2 aromatic rings. The minimum absolute atomic E-state index is 0.231. The van der Waals surface area contributed by atoms with Crippen LogP contribution in [-0.2, 0) is 11.3 Å². The molecule has 0 spiro atoms. The Bertz CT molecular complexity index is 704. The van der Waals surface area contributed by atoms with Crippen molar-refractivity contribution in [3.63, 3.8) is 0 Å². The van der Waals surface area contributed by atoms with Crippen LogP contribution in [0, 0.1) is 11.8 Å². The van der Waals surface area contributed by atoms with E-state index in [0.29, 0.717) is 11.6 Å². The van der Waals surface area contributed by atoms with Gasteiger partial charge in [0.15, 0.2) is 0 Å². The monoisotopic (exact) mass is 361 g/mol. The summed E-state index contributed by atoms with van der Waals surface area (Å²) in [6.45, 7) is 0.448. The summed E-state index contributed by atoms with van der Waals surface area (Å²) < 4.78 is 0.919. The summed E-state index contributed by atoms with van der Waals surface area (Å²) in [6.07, 6.45) is 0. The summed E-state index contributed by atoms with van der Waals surface area (Å²) in [5, 5.41) is 0.643. The quantitative estimate of drug-likeness (QED) is 0.736. The number of benzene rings is 2. The lowest BCUT2D eigenvalue weighted by molar-refractivity contribution is -0.124. The fourth-order valence-electron chi connectivity index (χ4n) is 1.73. The molecule has 0 fully saturated rings. The van der Waals surface area contributed by atoms with Crippen molar-refractivity contribution in [2.45, 2.75) is 6.54 Å². The average molecular weight is 363 g/mol. The van der Waals surface area contributed by atoms with Crippen LogP contribution in [0.15, 0.2) is 53.0 Å². The number of hydrogen-bond donors (Lipinski definition) is 0. The molecule has 106 valence electrons. The normalized spacial score (nSPS) is 9.67. The third-order valence-corrected chi connectivity index (χ3v) is 3.86. The third-order valence-electron chi connectivity index (χ3n) is 2.85. The predicted molar refractivity (Wildman–Crippen MR) is 88.9 cm³/mol. The van der Waals surface area contributed by atoms with Gasteiger partial charge in [-0.3, -0.25) is 4.79 Å². The van der Waals surface area contributed by atoms with Gasteiger partial charge in [-0.15, -0.1) is 0 Å². The number of halogens is 2. The highest BCUT2D eigenvalue weighted by Crippen LogP contribution is 2.22. The molecule has 0 unspecified atom stereocenters. The molecule has 0 saturated carbocycles. The lowest BCUT2D eigenvalue weighted by atomic mass is 10.2. The Balaban J connectivity index is 2.07.